The van der Waals surface area contributed by atoms with Crippen molar-refractivity contribution in [1.82, 2.24) is 0 Å². The molecule has 0 spiro atoms. The van der Waals surface area contributed by atoms with Crippen molar-refractivity contribution >= 4 is 17.9 Å². The monoisotopic (exact) mass is 861 g/mol. The van der Waals surface area contributed by atoms with Crippen LogP contribution in [0, 0.1) is 0 Å². The van der Waals surface area contributed by atoms with E-state index in [0.29, 0.717) is 19.3 Å². The number of hydrogen-bond donors (Lipinski definition) is 0. The Morgan fingerprint density at radius 3 is 0.820 bits per heavy atom. The van der Waals surface area contributed by atoms with Crippen molar-refractivity contribution in [3.63, 3.8) is 0 Å². The molecule has 0 amide bonds. The zero-order valence-electron chi connectivity index (χ0n) is 41.2. The van der Waals surface area contributed by atoms with E-state index in [2.05, 4.69) is 32.9 Å². The van der Waals surface area contributed by atoms with Gasteiger partial charge in [-0.1, -0.05) is 251 Å². The molecule has 0 N–H and O–H groups in total. The van der Waals surface area contributed by atoms with Gasteiger partial charge < -0.3 is 14.2 Å². The lowest BCUT2D eigenvalue weighted by Crippen LogP contribution is -2.30. The third-order valence-electron chi connectivity index (χ3n) is 12.3. The highest BCUT2D eigenvalue weighted by Crippen LogP contribution is 2.16. The van der Waals surface area contributed by atoms with E-state index in [1.54, 1.807) is 0 Å². The highest BCUT2D eigenvalue weighted by Gasteiger charge is 2.19. The van der Waals surface area contributed by atoms with E-state index in [4.69, 9.17) is 14.2 Å². The molecule has 0 fully saturated rings. The zero-order chi connectivity index (χ0) is 44.4. The lowest BCUT2D eigenvalue weighted by atomic mass is 10.0. The van der Waals surface area contributed by atoms with E-state index in [9.17, 15) is 14.4 Å². The maximum Gasteiger partial charge on any atom is 0.306 e. The van der Waals surface area contributed by atoms with Gasteiger partial charge in [0.1, 0.15) is 13.2 Å². The lowest BCUT2D eigenvalue weighted by molar-refractivity contribution is -0.167. The molecule has 6 heteroatoms. The van der Waals surface area contributed by atoms with Crippen LogP contribution in [0.4, 0.5) is 0 Å². The Balaban J connectivity index is 4.32. The first-order valence-electron chi connectivity index (χ1n) is 27.2. The highest BCUT2D eigenvalue weighted by atomic mass is 16.6. The molecule has 0 rings (SSSR count). The molecule has 0 aliphatic carbocycles. The SMILES string of the molecule is CCCCCCCCC/C=C\CCCCCCCC(=O)OC[C@@H](COC(=O)CCCCCCCCCCCCCC)OC(=O)CCCCCCCCCCCCCCCCC. The Bertz CT molecular complexity index is 947. The number of carbonyl (C=O) groups is 3. The van der Waals surface area contributed by atoms with Crippen molar-refractivity contribution in [3.05, 3.63) is 12.2 Å². The first-order valence-corrected chi connectivity index (χ1v) is 27.2. The molecule has 1 atom stereocenters. The molecule has 0 unspecified atom stereocenters. The predicted molar refractivity (Wildman–Crippen MR) is 261 cm³/mol. The molecule has 0 bridgehead atoms. The van der Waals surface area contributed by atoms with Crippen LogP contribution >= 0.6 is 0 Å². The summed E-state index contributed by atoms with van der Waals surface area (Å²) in [6, 6.07) is 0. The van der Waals surface area contributed by atoms with E-state index in [0.717, 1.165) is 64.2 Å². The van der Waals surface area contributed by atoms with Crippen molar-refractivity contribution in [2.24, 2.45) is 0 Å². The van der Waals surface area contributed by atoms with Crippen LogP contribution in [0.25, 0.3) is 0 Å². The minimum Gasteiger partial charge on any atom is -0.462 e. The van der Waals surface area contributed by atoms with Crippen LogP contribution < -0.4 is 0 Å². The molecular weight excluding hydrogens is 757 g/mol. The number of rotatable bonds is 50. The summed E-state index contributed by atoms with van der Waals surface area (Å²) in [4.78, 5) is 38.0. The van der Waals surface area contributed by atoms with Crippen LogP contribution in [-0.2, 0) is 28.6 Å². The minimum absolute atomic E-state index is 0.0670. The third kappa shape index (κ3) is 49.0. The molecule has 0 heterocycles. The molecular formula is C55H104O6. The molecule has 0 aromatic heterocycles. The van der Waals surface area contributed by atoms with Crippen LogP contribution in [0.3, 0.4) is 0 Å². The molecule has 0 aliphatic heterocycles. The molecule has 0 aromatic rings. The Kier molecular flexibility index (Phi) is 49.3. The largest absolute Gasteiger partial charge is 0.462 e. The highest BCUT2D eigenvalue weighted by molar-refractivity contribution is 5.71. The average Bonchev–Trinajstić information content (AvgIpc) is 3.26. The van der Waals surface area contributed by atoms with Crippen molar-refractivity contribution in [2.75, 3.05) is 13.2 Å². The topological polar surface area (TPSA) is 78.9 Å². The first kappa shape index (κ1) is 59.1. The van der Waals surface area contributed by atoms with Gasteiger partial charge in [0.25, 0.3) is 0 Å². The molecule has 61 heavy (non-hydrogen) atoms. The molecule has 0 aromatic carbocycles. The van der Waals surface area contributed by atoms with Gasteiger partial charge in [-0.3, -0.25) is 14.4 Å². The summed E-state index contributed by atoms with van der Waals surface area (Å²) < 4.78 is 16.8. The minimum atomic E-state index is -0.766. The summed E-state index contributed by atoms with van der Waals surface area (Å²) in [7, 11) is 0. The predicted octanol–water partition coefficient (Wildman–Crippen LogP) is 17.8. The summed E-state index contributed by atoms with van der Waals surface area (Å²) in [6.45, 7) is 6.67. The van der Waals surface area contributed by atoms with Gasteiger partial charge in [-0.05, 0) is 44.9 Å². The number of unbranched alkanes of at least 4 members (excludes halogenated alkanes) is 37. The average molecular weight is 861 g/mol. The second kappa shape index (κ2) is 50.8. The lowest BCUT2D eigenvalue weighted by Gasteiger charge is -2.18. The van der Waals surface area contributed by atoms with Crippen LogP contribution in [-0.4, -0.2) is 37.2 Å². The van der Waals surface area contributed by atoms with Crippen LogP contribution in [0.15, 0.2) is 12.2 Å². The fourth-order valence-electron chi connectivity index (χ4n) is 8.14. The van der Waals surface area contributed by atoms with Gasteiger partial charge in [-0.15, -0.1) is 0 Å². The first-order chi connectivity index (χ1) is 30.0. The summed E-state index contributed by atoms with van der Waals surface area (Å²) in [5.74, 6) is -0.856. The third-order valence-corrected chi connectivity index (χ3v) is 12.3. The second-order valence-corrected chi connectivity index (χ2v) is 18.5. The fourth-order valence-corrected chi connectivity index (χ4v) is 8.14. The molecule has 360 valence electrons. The Hall–Kier alpha value is -1.85. The number of hydrogen-bond acceptors (Lipinski definition) is 6. The maximum atomic E-state index is 12.8. The van der Waals surface area contributed by atoms with Crippen molar-refractivity contribution in [3.8, 4) is 0 Å². The molecule has 0 aliphatic rings. The summed E-state index contributed by atoms with van der Waals surface area (Å²) >= 11 is 0. The Morgan fingerprint density at radius 2 is 0.541 bits per heavy atom. The van der Waals surface area contributed by atoms with Gasteiger partial charge in [0.15, 0.2) is 6.10 Å². The van der Waals surface area contributed by atoms with E-state index in [-0.39, 0.29) is 31.1 Å². The maximum absolute atomic E-state index is 12.8. The summed E-state index contributed by atoms with van der Waals surface area (Å²) in [6.07, 6.45) is 56.2. The smallest absolute Gasteiger partial charge is 0.306 e. The standard InChI is InChI=1S/C55H104O6/c1-4-7-10-13-16-19-22-25-27-29-30-33-36-39-42-45-48-54(57)60-51-52(50-59-53(56)47-44-41-38-35-32-24-21-18-15-12-9-6-3)61-55(58)49-46-43-40-37-34-31-28-26-23-20-17-14-11-8-5-2/h27,29,52H,4-26,28,30-51H2,1-3H3/b29-27-/t52-/m1/s1. The zero-order valence-corrected chi connectivity index (χ0v) is 41.2. The van der Waals surface area contributed by atoms with Gasteiger partial charge in [0.05, 0.1) is 0 Å². The second-order valence-electron chi connectivity index (χ2n) is 18.5. The van der Waals surface area contributed by atoms with Crippen LogP contribution in [0.1, 0.15) is 303 Å². The Labute approximate surface area is 380 Å². The Morgan fingerprint density at radius 1 is 0.311 bits per heavy atom. The van der Waals surface area contributed by atoms with Crippen molar-refractivity contribution in [1.29, 1.82) is 0 Å². The normalized spacial score (nSPS) is 12.0. The van der Waals surface area contributed by atoms with E-state index in [1.165, 1.54) is 199 Å². The molecule has 0 saturated heterocycles. The molecule has 0 saturated carbocycles. The quantitative estimate of drug-likeness (QED) is 0.0262. The van der Waals surface area contributed by atoms with E-state index >= 15 is 0 Å². The van der Waals surface area contributed by atoms with Gasteiger partial charge in [0, 0.05) is 19.3 Å². The summed E-state index contributed by atoms with van der Waals surface area (Å²) in [5.41, 5.74) is 0. The number of carbonyl (C=O) groups excluding carboxylic acids is 3. The van der Waals surface area contributed by atoms with Crippen LogP contribution in [0.2, 0.25) is 0 Å². The number of esters is 3. The number of allylic oxidation sites excluding steroid dienone is 2. The fraction of sp³-hybridized carbons (Fsp3) is 0.909. The van der Waals surface area contributed by atoms with Gasteiger partial charge in [-0.2, -0.15) is 0 Å². The van der Waals surface area contributed by atoms with Crippen molar-refractivity contribution in [2.45, 2.75) is 309 Å². The van der Waals surface area contributed by atoms with Gasteiger partial charge >= 0.3 is 17.9 Å². The molecule has 0 radical (unpaired) electrons. The van der Waals surface area contributed by atoms with Gasteiger partial charge in [0.2, 0.25) is 0 Å². The van der Waals surface area contributed by atoms with Crippen LogP contribution in [0.5, 0.6) is 0 Å². The number of ether oxygens (including phenoxy) is 3. The van der Waals surface area contributed by atoms with E-state index in [1.807, 2.05) is 0 Å². The van der Waals surface area contributed by atoms with Crippen molar-refractivity contribution < 1.29 is 28.6 Å². The molecule has 6 nitrogen and oxygen atoms in total. The van der Waals surface area contributed by atoms with Gasteiger partial charge in [-0.25, -0.2) is 0 Å². The summed E-state index contributed by atoms with van der Waals surface area (Å²) in [5, 5.41) is 0. The van der Waals surface area contributed by atoms with E-state index < -0.39 is 6.10 Å².